The third-order valence-electron chi connectivity index (χ3n) is 1.93. The van der Waals surface area contributed by atoms with Gasteiger partial charge in [0.1, 0.15) is 8.07 Å². The molecule has 0 aromatic heterocycles. The maximum absolute atomic E-state index is 3.44. The zero-order valence-electron chi connectivity index (χ0n) is 9.91. The van der Waals surface area contributed by atoms with Crippen LogP contribution in [0.3, 0.4) is 0 Å². The number of hydrogen-bond donors (Lipinski definition) is 0. The second-order valence-electron chi connectivity index (χ2n) is 4.92. The van der Waals surface area contributed by atoms with E-state index in [9.17, 15) is 0 Å². The van der Waals surface area contributed by atoms with Gasteiger partial charge < -0.3 is 0 Å². The van der Waals surface area contributed by atoms with Crippen LogP contribution < -0.4 is 0 Å². The highest BCUT2D eigenvalue weighted by Crippen LogP contribution is 2.08. The van der Waals surface area contributed by atoms with Crippen LogP contribution in [0.25, 0.3) is 0 Å². The quantitative estimate of drug-likeness (QED) is 0.361. The molecule has 0 spiro atoms. The summed E-state index contributed by atoms with van der Waals surface area (Å²) in [6, 6.07) is 0. The number of unbranched alkanes of at least 4 members (excludes halogenated alkanes) is 2. The van der Waals surface area contributed by atoms with E-state index in [-0.39, 0.29) is 0 Å². The van der Waals surface area contributed by atoms with Gasteiger partial charge in [0.05, 0.1) is 0 Å². The Kier molecular flexibility index (Phi) is 6.16. The second kappa shape index (κ2) is 6.26. The summed E-state index contributed by atoms with van der Waals surface area (Å²) in [5.41, 5.74) is 3.44. The van der Waals surface area contributed by atoms with E-state index in [0.717, 1.165) is 0 Å². The van der Waals surface area contributed by atoms with Crippen LogP contribution >= 0.6 is 0 Å². The van der Waals surface area contributed by atoms with Crippen molar-refractivity contribution in [1.82, 2.24) is 0 Å². The van der Waals surface area contributed by atoms with Crippen LogP contribution in [-0.2, 0) is 0 Å². The van der Waals surface area contributed by atoms with E-state index < -0.39 is 8.07 Å². The number of rotatable bonds is 4. The van der Waals surface area contributed by atoms with Crippen molar-refractivity contribution in [3.8, 4) is 11.5 Å². The smallest absolute Gasteiger partial charge is 0.129 e. The first-order valence-corrected chi connectivity index (χ1v) is 8.98. The lowest BCUT2D eigenvalue weighted by molar-refractivity contribution is 0.588. The predicted octanol–water partition coefficient (Wildman–Crippen LogP) is 4.08. The van der Waals surface area contributed by atoms with E-state index in [1.807, 2.05) is 0 Å². The fourth-order valence-corrected chi connectivity index (χ4v) is 1.79. The number of hydrogen-bond acceptors (Lipinski definition) is 0. The molecule has 1 atom stereocenters. The Hall–Kier alpha value is -0.223. The highest BCUT2D eigenvalue weighted by Gasteiger charge is 2.08. The van der Waals surface area contributed by atoms with Gasteiger partial charge in [0.15, 0.2) is 0 Å². The van der Waals surface area contributed by atoms with Crippen molar-refractivity contribution in [2.24, 2.45) is 5.92 Å². The Bertz CT molecular complexity index is 178. The van der Waals surface area contributed by atoms with Crippen molar-refractivity contribution in [1.29, 1.82) is 0 Å². The third kappa shape index (κ3) is 9.69. The fourth-order valence-electron chi connectivity index (χ4n) is 1.11. The molecule has 0 aromatic carbocycles. The summed E-state index contributed by atoms with van der Waals surface area (Å²) in [5.74, 6) is 4.00. The molecule has 0 radical (unpaired) electrons. The standard InChI is InChI=1S/C12H24Si/c1-6-7-8-9-12(2)10-11-13(3,4)5/h12H,6-9H2,1-5H3. The first kappa shape index (κ1) is 12.8. The van der Waals surface area contributed by atoms with Crippen molar-refractivity contribution < 1.29 is 0 Å². The van der Waals surface area contributed by atoms with Gasteiger partial charge in [0.2, 0.25) is 0 Å². The van der Waals surface area contributed by atoms with Gasteiger partial charge in [-0.1, -0.05) is 52.8 Å². The highest BCUT2D eigenvalue weighted by atomic mass is 28.3. The summed E-state index contributed by atoms with van der Waals surface area (Å²) < 4.78 is 0. The van der Waals surface area contributed by atoms with Gasteiger partial charge in [-0.15, -0.1) is 11.5 Å². The lowest BCUT2D eigenvalue weighted by atomic mass is 10.0. The van der Waals surface area contributed by atoms with E-state index in [1.165, 1.54) is 25.7 Å². The van der Waals surface area contributed by atoms with Crippen molar-refractivity contribution in [3.05, 3.63) is 0 Å². The zero-order chi connectivity index (χ0) is 10.3. The molecular weight excluding hydrogens is 172 g/mol. The van der Waals surface area contributed by atoms with Gasteiger partial charge >= 0.3 is 0 Å². The maximum Gasteiger partial charge on any atom is 0.129 e. The summed E-state index contributed by atoms with van der Waals surface area (Å²) in [6.45, 7) is 11.4. The highest BCUT2D eigenvalue weighted by molar-refractivity contribution is 6.83. The van der Waals surface area contributed by atoms with Gasteiger partial charge in [0.25, 0.3) is 0 Å². The zero-order valence-corrected chi connectivity index (χ0v) is 10.9. The maximum atomic E-state index is 3.44. The van der Waals surface area contributed by atoms with Gasteiger partial charge in [0, 0.05) is 5.92 Å². The molecule has 0 saturated heterocycles. The SMILES string of the molecule is CCCCCC(C)C#C[Si](C)(C)C. The molecule has 1 heteroatoms. The summed E-state index contributed by atoms with van der Waals surface area (Å²) in [5, 5.41) is 0. The summed E-state index contributed by atoms with van der Waals surface area (Å²) >= 11 is 0. The molecule has 0 rings (SSSR count). The van der Waals surface area contributed by atoms with Crippen LogP contribution in [0.5, 0.6) is 0 Å². The fraction of sp³-hybridized carbons (Fsp3) is 0.833. The minimum Gasteiger partial charge on any atom is -0.132 e. The Morgan fingerprint density at radius 3 is 2.23 bits per heavy atom. The Morgan fingerprint density at radius 2 is 1.77 bits per heavy atom. The molecule has 0 heterocycles. The summed E-state index contributed by atoms with van der Waals surface area (Å²) in [7, 11) is -1.13. The van der Waals surface area contributed by atoms with E-state index in [0.29, 0.717) is 5.92 Å². The Labute approximate surface area is 85.1 Å². The lowest BCUT2D eigenvalue weighted by Gasteiger charge is -2.06. The average molecular weight is 196 g/mol. The minimum atomic E-state index is -1.13. The molecule has 0 saturated carbocycles. The van der Waals surface area contributed by atoms with Gasteiger partial charge in [-0.3, -0.25) is 0 Å². The van der Waals surface area contributed by atoms with Gasteiger partial charge in [-0.2, -0.15) is 0 Å². The molecule has 0 aliphatic heterocycles. The van der Waals surface area contributed by atoms with Gasteiger partial charge in [-0.25, -0.2) is 0 Å². The molecule has 76 valence electrons. The molecule has 1 unspecified atom stereocenters. The van der Waals surface area contributed by atoms with Crippen LogP contribution in [0.15, 0.2) is 0 Å². The van der Waals surface area contributed by atoms with Crippen LogP contribution in [-0.4, -0.2) is 8.07 Å². The Balaban J connectivity index is 3.71. The molecule has 0 bridgehead atoms. The van der Waals surface area contributed by atoms with E-state index >= 15 is 0 Å². The summed E-state index contributed by atoms with van der Waals surface area (Å²) in [6.07, 6.45) is 5.30. The summed E-state index contributed by atoms with van der Waals surface area (Å²) in [4.78, 5) is 0. The van der Waals surface area contributed by atoms with Crippen LogP contribution in [0, 0.1) is 17.4 Å². The van der Waals surface area contributed by atoms with Crippen molar-refractivity contribution in [2.45, 2.75) is 59.2 Å². The van der Waals surface area contributed by atoms with E-state index in [4.69, 9.17) is 0 Å². The predicted molar refractivity (Wildman–Crippen MR) is 64.4 cm³/mol. The minimum absolute atomic E-state index is 0.610. The third-order valence-corrected chi connectivity index (χ3v) is 2.83. The molecule has 0 aliphatic rings. The average Bonchev–Trinajstić information content (AvgIpc) is 2.00. The van der Waals surface area contributed by atoms with E-state index in [1.54, 1.807) is 0 Å². The molecule has 0 aliphatic carbocycles. The first-order chi connectivity index (χ1) is 5.95. The van der Waals surface area contributed by atoms with Crippen LogP contribution in [0.2, 0.25) is 19.6 Å². The molecule has 0 N–H and O–H groups in total. The normalized spacial score (nSPS) is 13.3. The molecule has 0 fully saturated rings. The molecule has 0 nitrogen and oxygen atoms in total. The van der Waals surface area contributed by atoms with Crippen molar-refractivity contribution in [2.75, 3.05) is 0 Å². The second-order valence-corrected chi connectivity index (χ2v) is 9.67. The van der Waals surface area contributed by atoms with Crippen molar-refractivity contribution >= 4 is 8.07 Å². The Morgan fingerprint density at radius 1 is 1.15 bits per heavy atom. The monoisotopic (exact) mass is 196 g/mol. The molecular formula is C12H24Si. The first-order valence-electron chi connectivity index (χ1n) is 5.48. The topological polar surface area (TPSA) is 0 Å². The lowest BCUT2D eigenvalue weighted by Crippen LogP contribution is -2.16. The van der Waals surface area contributed by atoms with Crippen LogP contribution in [0.4, 0.5) is 0 Å². The molecule has 0 aromatic rings. The van der Waals surface area contributed by atoms with Gasteiger partial charge in [-0.05, 0) is 6.42 Å². The van der Waals surface area contributed by atoms with Crippen molar-refractivity contribution in [3.63, 3.8) is 0 Å². The van der Waals surface area contributed by atoms with Crippen LogP contribution in [0.1, 0.15) is 39.5 Å². The molecule has 0 amide bonds. The molecule has 13 heavy (non-hydrogen) atoms. The largest absolute Gasteiger partial charge is 0.132 e. The van der Waals surface area contributed by atoms with E-state index in [2.05, 4.69) is 45.0 Å².